The molecule has 0 aromatic carbocycles. The van der Waals surface area contributed by atoms with E-state index in [4.69, 9.17) is 0 Å². The van der Waals surface area contributed by atoms with E-state index in [9.17, 15) is 0 Å². The maximum atomic E-state index is 4.64. The second-order valence-corrected chi connectivity index (χ2v) is 8.62. The summed E-state index contributed by atoms with van der Waals surface area (Å²) in [5.74, 6) is 3.02. The molecule has 26 heavy (non-hydrogen) atoms. The SMILES string of the molecule is CC1CCCN(c2cc(N3CCCC(N4CCCCCC4)C3)ncn2)C1. The third kappa shape index (κ3) is 4.30. The predicted octanol–water partition coefficient (Wildman–Crippen LogP) is 3.56. The first-order chi connectivity index (χ1) is 12.8. The number of aromatic nitrogens is 2. The van der Waals surface area contributed by atoms with Crippen molar-refractivity contribution in [1.29, 1.82) is 0 Å². The van der Waals surface area contributed by atoms with E-state index < -0.39 is 0 Å². The Labute approximate surface area is 158 Å². The lowest BCUT2D eigenvalue weighted by atomic mass is 10.0. The third-order valence-corrected chi connectivity index (χ3v) is 6.50. The molecule has 1 aromatic rings. The number of hydrogen-bond donors (Lipinski definition) is 0. The van der Waals surface area contributed by atoms with Gasteiger partial charge in [0.25, 0.3) is 0 Å². The van der Waals surface area contributed by atoms with Crippen LogP contribution in [0.2, 0.25) is 0 Å². The summed E-state index contributed by atoms with van der Waals surface area (Å²) < 4.78 is 0. The fourth-order valence-corrected chi connectivity index (χ4v) is 5.00. The molecule has 0 radical (unpaired) electrons. The van der Waals surface area contributed by atoms with Crippen LogP contribution in [0.5, 0.6) is 0 Å². The summed E-state index contributed by atoms with van der Waals surface area (Å²) in [6, 6.07) is 2.94. The van der Waals surface area contributed by atoms with Crippen molar-refractivity contribution in [1.82, 2.24) is 14.9 Å². The van der Waals surface area contributed by atoms with Gasteiger partial charge in [0.15, 0.2) is 0 Å². The average molecular weight is 358 g/mol. The fourth-order valence-electron chi connectivity index (χ4n) is 5.00. The number of likely N-dealkylation sites (tertiary alicyclic amines) is 1. The Hall–Kier alpha value is -1.36. The van der Waals surface area contributed by atoms with E-state index in [1.165, 1.54) is 64.5 Å². The zero-order chi connectivity index (χ0) is 17.8. The highest BCUT2D eigenvalue weighted by atomic mass is 15.3. The maximum absolute atomic E-state index is 4.64. The molecule has 5 nitrogen and oxygen atoms in total. The Morgan fingerprint density at radius 2 is 1.42 bits per heavy atom. The molecule has 5 heteroatoms. The van der Waals surface area contributed by atoms with Crippen LogP contribution in [0.4, 0.5) is 11.6 Å². The van der Waals surface area contributed by atoms with Gasteiger partial charge in [-0.05, 0) is 57.5 Å². The Kier molecular flexibility index (Phi) is 5.93. The minimum atomic E-state index is 0.704. The summed E-state index contributed by atoms with van der Waals surface area (Å²) in [5.41, 5.74) is 0. The molecule has 0 aliphatic carbocycles. The van der Waals surface area contributed by atoms with Crippen LogP contribution in [0.15, 0.2) is 12.4 Å². The van der Waals surface area contributed by atoms with Crippen LogP contribution in [0.25, 0.3) is 0 Å². The second kappa shape index (κ2) is 8.55. The molecule has 2 atom stereocenters. The molecular weight excluding hydrogens is 322 g/mol. The number of nitrogens with zero attached hydrogens (tertiary/aromatic N) is 5. The predicted molar refractivity (Wildman–Crippen MR) is 108 cm³/mol. The van der Waals surface area contributed by atoms with Gasteiger partial charge in [-0.15, -0.1) is 0 Å². The van der Waals surface area contributed by atoms with Gasteiger partial charge in [-0.3, -0.25) is 4.90 Å². The molecule has 0 saturated carbocycles. The van der Waals surface area contributed by atoms with Crippen molar-refractivity contribution in [3.63, 3.8) is 0 Å². The van der Waals surface area contributed by atoms with Crippen molar-refractivity contribution in [2.45, 2.75) is 64.3 Å². The van der Waals surface area contributed by atoms with E-state index in [0.29, 0.717) is 6.04 Å². The van der Waals surface area contributed by atoms with E-state index in [-0.39, 0.29) is 0 Å². The molecule has 4 heterocycles. The Bertz CT molecular complexity index is 569. The summed E-state index contributed by atoms with van der Waals surface area (Å²) in [6.45, 7) is 9.47. The average Bonchev–Trinajstić information content (AvgIpc) is 2.98. The van der Waals surface area contributed by atoms with Gasteiger partial charge < -0.3 is 9.80 Å². The summed E-state index contributed by atoms with van der Waals surface area (Å²) in [7, 11) is 0. The Morgan fingerprint density at radius 3 is 2.12 bits per heavy atom. The molecule has 3 saturated heterocycles. The highest BCUT2D eigenvalue weighted by Gasteiger charge is 2.27. The maximum Gasteiger partial charge on any atom is 0.134 e. The minimum Gasteiger partial charge on any atom is -0.356 e. The van der Waals surface area contributed by atoms with E-state index >= 15 is 0 Å². The van der Waals surface area contributed by atoms with Crippen molar-refractivity contribution in [3.8, 4) is 0 Å². The molecule has 144 valence electrons. The van der Waals surface area contributed by atoms with Gasteiger partial charge in [-0.25, -0.2) is 9.97 Å². The van der Waals surface area contributed by atoms with Gasteiger partial charge in [0.2, 0.25) is 0 Å². The van der Waals surface area contributed by atoms with E-state index in [2.05, 4.69) is 37.7 Å². The van der Waals surface area contributed by atoms with Crippen LogP contribution in [0.1, 0.15) is 58.3 Å². The summed E-state index contributed by atoms with van der Waals surface area (Å²) in [5, 5.41) is 0. The van der Waals surface area contributed by atoms with Crippen LogP contribution in [-0.2, 0) is 0 Å². The van der Waals surface area contributed by atoms with Gasteiger partial charge in [0.05, 0.1) is 0 Å². The summed E-state index contributed by atoms with van der Waals surface area (Å²) >= 11 is 0. The number of hydrogen-bond acceptors (Lipinski definition) is 5. The largest absolute Gasteiger partial charge is 0.356 e. The lowest BCUT2D eigenvalue weighted by Gasteiger charge is -2.40. The molecule has 3 aliphatic rings. The van der Waals surface area contributed by atoms with Crippen molar-refractivity contribution in [3.05, 3.63) is 12.4 Å². The smallest absolute Gasteiger partial charge is 0.134 e. The third-order valence-electron chi connectivity index (χ3n) is 6.50. The normalized spacial score (nSPS) is 28.8. The molecule has 0 bridgehead atoms. The van der Waals surface area contributed by atoms with Crippen LogP contribution in [0.3, 0.4) is 0 Å². The molecular formula is C21H35N5. The zero-order valence-electron chi connectivity index (χ0n) is 16.4. The summed E-state index contributed by atoms with van der Waals surface area (Å²) in [4.78, 5) is 17.0. The van der Waals surface area contributed by atoms with Crippen molar-refractivity contribution in [2.75, 3.05) is 49.1 Å². The molecule has 3 fully saturated rings. The van der Waals surface area contributed by atoms with Crippen LogP contribution < -0.4 is 9.80 Å². The highest BCUT2D eigenvalue weighted by Crippen LogP contribution is 2.27. The number of piperidine rings is 2. The lowest BCUT2D eigenvalue weighted by molar-refractivity contribution is 0.182. The first-order valence-electron chi connectivity index (χ1n) is 10.9. The minimum absolute atomic E-state index is 0.704. The Morgan fingerprint density at radius 1 is 0.769 bits per heavy atom. The van der Waals surface area contributed by atoms with Crippen LogP contribution in [0, 0.1) is 5.92 Å². The van der Waals surface area contributed by atoms with Crippen molar-refractivity contribution < 1.29 is 0 Å². The number of anilines is 2. The van der Waals surface area contributed by atoms with E-state index in [0.717, 1.165) is 43.7 Å². The summed E-state index contributed by atoms with van der Waals surface area (Å²) in [6.07, 6.45) is 12.6. The Balaban J connectivity index is 1.44. The monoisotopic (exact) mass is 357 g/mol. The van der Waals surface area contributed by atoms with Gasteiger partial charge in [0, 0.05) is 38.3 Å². The zero-order valence-corrected chi connectivity index (χ0v) is 16.4. The highest BCUT2D eigenvalue weighted by molar-refractivity contribution is 5.50. The molecule has 4 rings (SSSR count). The van der Waals surface area contributed by atoms with Crippen molar-refractivity contribution >= 4 is 11.6 Å². The van der Waals surface area contributed by atoms with Gasteiger partial charge in [-0.1, -0.05) is 19.8 Å². The second-order valence-electron chi connectivity index (χ2n) is 8.62. The van der Waals surface area contributed by atoms with Crippen molar-refractivity contribution in [2.24, 2.45) is 5.92 Å². The quantitative estimate of drug-likeness (QED) is 0.826. The first kappa shape index (κ1) is 18.0. The molecule has 0 N–H and O–H groups in total. The van der Waals surface area contributed by atoms with Gasteiger partial charge >= 0.3 is 0 Å². The van der Waals surface area contributed by atoms with E-state index in [1.807, 2.05) is 0 Å². The fraction of sp³-hybridized carbons (Fsp3) is 0.810. The van der Waals surface area contributed by atoms with Crippen LogP contribution >= 0.6 is 0 Å². The van der Waals surface area contributed by atoms with E-state index in [1.54, 1.807) is 6.33 Å². The molecule has 0 spiro atoms. The number of rotatable bonds is 3. The molecule has 1 aromatic heterocycles. The lowest BCUT2D eigenvalue weighted by Crippen LogP contribution is -2.48. The topological polar surface area (TPSA) is 35.5 Å². The van der Waals surface area contributed by atoms with Crippen LogP contribution in [-0.4, -0.2) is 60.2 Å². The molecule has 0 amide bonds. The molecule has 3 aliphatic heterocycles. The standard InChI is InChI=1S/C21H35N5/c1-18-8-6-12-25(15-18)20-14-21(23-17-22-20)26-13-7-9-19(16-26)24-10-4-2-3-5-11-24/h14,17-19H,2-13,15-16H2,1H3. The van der Waals surface area contributed by atoms with Gasteiger partial charge in [-0.2, -0.15) is 0 Å². The first-order valence-corrected chi connectivity index (χ1v) is 10.9. The molecule has 2 unspecified atom stereocenters. The van der Waals surface area contributed by atoms with Gasteiger partial charge in [0.1, 0.15) is 18.0 Å².